The zero-order valence-corrected chi connectivity index (χ0v) is 14.8. The maximum Gasteiger partial charge on any atom is 0.416 e. The van der Waals surface area contributed by atoms with Gasteiger partial charge in [-0.25, -0.2) is 4.79 Å². The van der Waals surface area contributed by atoms with Crippen molar-refractivity contribution in [3.05, 3.63) is 29.3 Å². The monoisotopic (exact) mass is 413 g/mol. The maximum atomic E-state index is 12.9. The second kappa shape index (κ2) is 7.08. The van der Waals surface area contributed by atoms with Gasteiger partial charge in [0, 0.05) is 12.2 Å². The molecule has 3 fully saturated rings. The molecule has 3 aliphatic heterocycles. The minimum atomic E-state index is -4.98. The van der Waals surface area contributed by atoms with E-state index in [0.717, 1.165) is 30.2 Å². The number of amides is 2. The quantitative estimate of drug-likeness (QED) is 0.553. The van der Waals surface area contributed by atoms with E-state index in [4.69, 9.17) is 0 Å². The molecule has 4 nitrogen and oxygen atoms in total. The van der Waals surface area contributed by atoms with Gasteiger partial charge in [0.1, 0.15) is 0 Å². The highest BCUT2D eigenvalue weighted by Crippen LogP contribution is 2.38. The van der Waals surface area contributed by atoms with Crippen LogP contribution >= 0.6 is 12.8 Å². The van der Waals surface area contributed by atoms with Crippen molar-refractivity contribution in [2.75, 3.05) is 25.0 Å². The van der Waals surface area contributed by atoms with Gasteiger partial charge in [0.15, 0.2) is 0 Å². The molecule has 1 atom stereocenters. The molecule has 3 heterocycles. The summed E-state index contributed by atoms with van der Waals surface area (Å²) in [6.45, 7) is 2.40. The Labute approximate surface area is 157 Å². The largest absolute Gasteiger partial charge is 0.416 e. The van der Waals surface area contributed by atoms with Crippen molar-refractivity contribution in [2.45, 2.75) is 31.2 Å². The number of anilines is 1. The first kappa shape index (κ1) is 20.1. The summed E-state index contributed by atoms with van der Waals surface area (Å²) >= 11 is 4.15. The van der Waals surface area contributed by atoms with Crippen LogP contribution in [0.15, 0.2) is 18.2 Å². The number of hydrogen-bond donors (Lipinski definition) is 2. The minimum Gasteiger partial charge on any atom is -0.307 e. The lowest BCUT2D eigenvalue weighted by Gasteiger charge is -2.47. The molecule has 150 valence electrons. The third-order valence-electron chi connectivity index (χ3n) is 4.98. The number of carbonyl (C=O) groups is 1. The van der Waals surface area contributed by atoms with Gasteiger partial charge in [-0.3, -0.25) is 4.31 Å². The van der Waals surface area contributed by atoms with E-state index < -0.39 is 35.2 Å². The summed E-state index contributed by atoms with van der Waals surface area (Å²) in [5.41, 5.74) is -3.55. The molecule has 1 aromatic carbocycles. The summed E-state index contributed by atoms with van der Waals surface area (Å²) in [5, 5.41) is 2.12. The van der Waals surface area contributed by atoms with Gasteiger partial charge < -0.3 is 10.2 Å². The van der Waals surface area contributed by atoms with Crippen LogP contribution in [0.5, 0.6) is 0 Å². The number of alkyl halides is 6. The summed E-state index contributed by atoms with van der Waals surface area (Å²) in [6.07, 6.45) is -8.21. The summed E-state index contributed by atoms with van der Waals surface area (Å²) in [6, 6.07) is -0.133. The summed E-state index contributed by atoms with van der Waals surface area (Å²) in [7, 11) is 0. The molecule has 2 bridgehead atoms. The second-order valence-electron chi connectivity index (χ2n) is 6.77. The van der Waals surface area contributed by atoms with Crippen LogP contribution in [0, 0.1) is 5.92 Å². The van der Waals surface area contributed by atoms with Gasteiger partial charge in [-0.1, -0.05) is 12.8 Å². The van der Waals surface area contributed by atoms with Gasteiger partial charge in [0.2, 0.25) is 0 Å². The lowest BCUT2D eigenvalue weighted by molar-refractivity contribution is -0.143. The Balaban J connectivity index is 1.80. The van der Waals surface area contributed by atoms with Crippen LogP contribution in [0.2, 0.25) is 0 Å². The van der Waals surface area contributed by atoms with Crippen molar-refractivity contribution in [1.82, 2.24) is 9.21 Å². The number of piperidine rings is 3. The van der Waals surface area contributed by atoms with E-state index in [0.29, 0.717) is 18.7 Å². The van der Waals surface area contributed by atoms with Crippen LogP contribution in [0.4, 0.5) is 36.8 Å². The van der Waals surface area contributed by atoms with E-state index in [1.807, 2.05) is 0 Å². The van der Waals surface area contributed by atoms with Crippen molar-refractivity contribution < 1.29 is 31.1 Å². The van der Waals surface area contributed by atoms with Crippen molar-refractivity contribution in [3.8, 4) is 0 Å². The van der Waals surface area contributed by atoms with Gasteiger partial charge in [-0.15, -0.1) is 0 Å². The SMILES string of the molecule is O=C(Nc1cc(C(F)(F)F)cc(C(F)(F)F)c1)N(S)C1CN2CCC1CC2. The molecule has 27 heavy (non-hydrogen) atoms. The van der Waals surface area contributed by atoms with Crippen molar-refractivity contribution in [2.24, 2.45) is 5.92 Å². The van der Waals surface area contributed by atoms with E-state index in [1.165, 1.54) is 0 Å². The predicted octanol–water partition coefficient (Wildman–Crippen LogP) is 4.50. The normalized spacial score (nSPS) is 25.4. The second-order valence-corrected chi connectivity index (χ2v) is 7.21. The topological polar surface area (TPSA) is 35.6 Å². The molecule has 0 spiro atoms. The molecule has 1 unspecified atom stereocenters. The van der Waals surface area contributed by atoms with Crippen molar-refractivity contribution in [1.29, 1.82) is 0 Å². The Morgan fingerprint density at radius 3 is 1.96 bits per heavy atom. The lowest BCUT2D eigenvalue weighted by Crippen LogP contribution is -2.56. The fourth-order valence-corrected chi connectivity index (χ4v) is 3.88. The van der Waals surface area contributed by atoms with Crippen LogP contribution < -0.4 is 5.32 Å². The number of nitrogens with one attached hydrogen (secondary N) is 1. The van der Waals surface area contributed by atoms with Gasteiger partial charge in [0.05, 0.1) is 17.2 Å². The van der Waals surface area contributed by atoms with Gasteiger partial charge in [-0.05, 0) is 50.0 Å². The molecule has 0 saturated carbocycles. The first-order valence-corrected chi connectivity index (χ1v) is 8.66. The van der Waals surface area contributed by atoms with Crippen molar-refractivity contribution in [3.63, 3.8) is 0 Å². The smallest absolute Gasteiger partial charge is 0.307 e. The van der Waals surface area contributed by atoms with Gasteiger partial charge in [0.25, 0.3) is 0 Å². The molecule has 1 N–H and O–H groups in total. The van der Waals surface area contributed by atoms with Crippen LogP contribution in [0.25, 0.3) is 0 Å². The summed E-state index contributed by atoms with van der Waals surface area (Å²) < 4.78 is 78.6. The molecule has 11 heteroatoms. The van der Waals surface area contributed by atoms with Crippen LogP contribution in [0.1, 0.15) is 24.0 Å². The molecular formula is C16H17F6N3OS. The van der Waals surface area contributed by atoms with E-state index in [-0.39, 0.29) is 18.0 Å². The van der Waals surface area contributed by atoms with Gasteiger partial charge in [-0.2, -0.15) is 26.3 Å². The van der Waals surface area contributed by atoms with E-state index >= 15 is 0 Å². The fraction of sp³-hybridized carbons (Fsp3) is 0.562. The molecule has 4 rings (SSSR count). The number of rotatable bonds is 2. The average Bonchev–Trinajstić information content (AvgIpc) is 2.60. The molecule has 2 amide bonds. The standard InChI is InChI=1S/C16H17F6N3OS/c17-15(18,19)10-5-11(16(20,21)22)7-12(6-10)23-14(26)25(27)13-8-24-3-1-9(13)2-4-24/h5-7,9,13,27H,1-4,8H2,(H,23,26). The minimum absolute atomic E-state index is 0.0154. The Morgan fingerprint density at radius 1 is 1.04 bits per heavy atom. The molecule has 1 aromatic rings. The molecule has 0 aliphatic carbocycles. The highest BCUT2D eigenvalue weighted by molar-refractivity contribution is 7.78. The average molecular weight is 413 g/mol. The zero-order chi connectivity index (χ0) is 20.0. The summed E-state index contributed by atoms with van der Waals surface area (Å²) in [4.78, 5) is 14.5. The number of halogens is 6. The van der Waals surface area contributed by atoms with Crippen LogP contribution in [0.3, 0.4) is 0 Å². The van der Waals surface area contributed by atoms with Crippen LogP contribution in [-0.2, 0) is 12.4 Å². The Kier molecular flexibility index (Phi) is 5.28. The molecule has 0 aromatic heterocycles. The number of benzene rings is 1. The number of carbonyl (C=O) groups excluding carboxylic acids is 1. The Morgan fingerprint density at radius 2 is 1.56 bits per heavy atom. The maximum absolute atomic E-state index is 12.9. The highest BCUT2D eigenvalue weighted by Gasteiger charge is 2.40. The van der Waals surface area contributed by atoms with E-state index in [1.54, 1.807) is 0 Å². The highest BCUT2D eigenvalue weighted by atomic mass is 32.1. The number of thiol groups is 1. The summed E-state index contributed by atoms with van der Waals surface area (Å²) in [5.74, 6) is 0.213. The van der Waals surface area contributed by atoms with Crippen LogP contribution in [-0.4, -0.2) is 40.9 Å². The van der Waals surface area contributed by atoms with E-state index in [2.05, 4.69) is 23.0 Å². The Hall–Kier alpha value is -1.62. The molecule has 3 saturated heterocycles. The third-order valence-corrected chi connectivity index (χ3v) is 5.46. The fourth-order valence-electron chi connectivity index (χ4n) is 3.57. The van der Waals surface area contributed by atoms with E-state index in [9.17, 15) is 31.1 Å². The number of hydrogen-bond acceptors (Lipinski definition) is 3. The first-order valence-electron chi connectivity index (χ1n) is 8.26. The molecule has 0 radical (unpaired) electrons. The Bertz CT molecular complexity index is 683. The number of nitrogens with zero attached hydrogens (tertiary/aromatic N) is 2. The van der Waals surface area contributed by atoms with Gasteiger partial charge >= 0.3 is 18.4 Å². The third kappa shape index (κ3) is 4.45. The van der Waals surface area contributed by atoms with Crippen molar-refractivity contribution >= 4 is 24.5 Å². The molecular weight excluding hydrogens is 396 g/mol. The number of fused-ring (bicyclic) bond motifs is 3. The molecule has 3 aliphatic rings. The number of urea groups is 1. The zero-order valence-electron chi connectivity index (χ0n) is 13.9. The lowest BCUT2D eigenvalue weighted by atomic mass is 9.84. The first-order chi connectivity index (χ1) is 12.4. The predicted molar refractivity (Wildman–Crippen MR) is 89.2 cm³/mol.